The number of amides is 1. The average Bonchev–Trinajstić information content (AvgIpc) is 2.36. The normalized spacial score (nSPS) is 14.5. The number of ether oxygens (including phenoxy) is 1. The Hall–Kier alpha value is -1.60. The van der Waals surface area contributed by atoms with Crippen molar-refractivity contribution in [2.45, 2.75) is 19.9 Å². The summed E-state index contributed by atoms with van der Waals surface area (Å²) in [6, 6.07) is 5.18. The summed E-state index contributed by atoms with van der Waals surface area (Å²) in [6.45, 7) is 2.01. The van der Waals surface area contributed by atoms with Crippen LogP contribution in [0.15, 0.2) is 18.2 Å². The van der Waals surface area contributed by atoms with E-state index in [0.717, 1.165) is 5.56 Å². The summed E-state index contributed by atoms with van der Waals surface area (Å²) in [5, 5.41) is 2.68. The number of carbonyl (C=O) groups is 1. The summed E-state index contributed by atoms with van der Waals surface area (Å²) in [4.78, 5) is 11.1. The predicted molar refractivity (Wildman–Crippen MR) is 71.5 cm³/mol. The highest BCUT2D eigenvalue weighted by atomic mass is 32.2. The molecule has 0 radical (unpaired) electrons. The Balaban J connectivity index is 2.05. The molecule has 1 aliphatic rings. The maximum Gasteiger partial charge on any atom is 0.262 e. The molecule has 0 saturated heterocycles. The zero-order valence-electron chi connectivity index (χ0n) is 10.6. The smallest absolute Gasteiger partial charge is 0.262 e. The van der Waals surface area contributed by atoms with Crippen molar-refractivity contribution >= 4 is 21.6 Å². The number of anilines is 1. The molecule has 0 aliphatic carbocycles. The third kappa shape index (κ3) is 3.68. The van der Waals surface area contributed by atoms with Gasteiger partial charge in [0.1, 0.15) is 5.75 Å². The van der Waals surface area contributed by atoms with Gasteiger partial charge in [-0.2, -0.15) is 0 Å². The van der Waals surface area contributed by atoms with Gasteiger partial charge in [0.25, 0.3) is 5.91 Å². The molecule has 0 bridgehead atoms. The maximum atomic E-state index is 11.5. The summed E-state index contributed by atoms with van der Waals surface area (Å²) in [6.07, 6.45) is 0.578. The molecule has 0 aromatic heterocycles. The molecule has 2 rings (SSSR count). The molecule has 1 aromatic rings. The molecule has 19 heavy (non-hydrogen) atoms. The fourth-order valence-corrected chi connectivity index (χ4v) is 2.83. The lowest BCUT2D eigenvalue weighted by Crippen LogP contribution is -2.27. The van der Waals surface area contributed by atoms with E-state index in [-0.39, 0.29) is 24.8 Å². The molecule has 0 spiro atoms. The van der Waals surface area contributed by atoms with Crippen LogP contribution in [0.25, 0.3) is 0 Å². The number of hydrogen-bond donors (Lipinski definition) is 2. The predicted octanol–water partition coefficient (Wildman–Crippen LogP) is 0.847. The minimum absolute atomic E-state index is 0.0159. The van der Waals surface area contributed by atoms with E-state index in [1.54, 1.807) is 18.2 Å². The lowest BCUT2D eigenvalue weighted by molar-refractivity contribution is -0.118. The van der Waals surface area contributed by atoms with E-state index < -0.39 is 10.0 Å². The Morgan fingerprint density at radius 1 is 1.42 bits per heavy atom. The molecule has 6 nitrogen and oxygen atoms in total. The molecule has 1 aliphatic heterocycles. The summed E-state index contributed by atoms with van der Waals surface area (Å²) in [5.74, 6) is 0.487. The Morgan fingerprint density at radius 2 is 2.21 bits per heavy atom. The Bertz CT molecular complexity index is 583. The monoisotopic (exact) mass is 284 g/mol. The molecule has 0 fully saturated rings. The fourth-order valence-electron chi connectivity index (χ4n) is 1.76. The van der Waals surface area contributed by atoms with Gasteiger partial charge in [0.15, 0.2) is 6.61 Å². The van der Waals surface area contributed by atoms with Crippen LogP contribution in [-0.2, 0) is 21.4 Å². The number of benzene rings is 1. The van der Waals surface area contributed by atoms with E-state index in [1.165, 1.54) is 0 Å². The summed E-state index contributed by atoms with van der Waals surface area (Å²) in [5.41, 5.74) is 1.39. The molecule has 0 saturated carbocycles. The highest BCUT2D eigenvalue weighted by Gasteiger charge is 2.16. The fraction of sp³-hybridized carbons (Fsp3) is 0.417. The Morgan fingerprint density at radius 3 is 2.95 bits per heavy atom. The molecule has 0 unspecified atom stereocenters. The van der Waals surface area contributed by atoms with Gasteiger partial charge in [-0.25, -0.2) is 13.1 Å². The van der Waals surface area contributed by atoms with Crippen LogP contribution in [0.1, 0.15) is 18.9 Å². The van der Waals surface area contributed by atoms with Crippen LogP contribution in [0.4, 0.5) is 5.69 Å². The van der Waals surface area contributed by atoms with Crippen LogP contribution in [-0.4, -0.2) is 26.7 Å². The zero-order chi connectivity index (χ0) is 13.9. The minimum atomic E-state index is -3.22. The van der Waals surface area contributed by atoms with Crippen molar-refractivity contribution in [2.75, 3.05) is 17.7 Å². The average molecular weight is 284 g/mol. The van der Waals surface area contributed by atoms with Crippen LogP contribution in [0.2, 0.25) is 0 Å². The quantitative estimate of drug-likeness (QED) is 0.839. The van der Waals surface area contributed by atoms with E-state index >= 15 is 0 Å². The first-order valence-electron chi connectivity index (χ1n) is 6.03. The molecule has 1 amide bonds. The van der Waals surface area contributed by atoms with E-state index in [2.05, 4.69) is 10.0 Å². The maximum absolute atomic E-state index is 11.5. The molecular formula is C12H16N2O4S. The van der Waals surface area contributed by atoms with E-state index in [1.807, 2.05) is 6.92 Å². The third-order valence-corrected chi connectivity index (χ3v) is 4.18. The number of nitrogens with one attached hydrogen (secondary N) is 2. The number of hydrogen-bond acceptors (Lipinski definition) is 4. The SMILES string of the molecule is CCCS(=O)(=O)NCc1ccc2c(c1)OCC(=O)N2. The summed E-state index contributed by atoms with van der Waals surface area (Å²) < 4.78 is 30.9. The number of rotatable bonds is 5. The van der Waals surface area contributed by atoms with Crippen molar-refractivity contribution in [2.24, 2.45) is 0 Å². The second-order valence-corrected chi connectivity index (χ2v) is 6.23. The molecule has 1 aromatic carbocycles. The van der Waals surface area contributed by atoms with Crippen molar-refractivity contribution in [3.05, 3.63) is 23.8 Å². The zero-order valence-corrected chi connectivity index (χ0v) is 11.4. The molecule has 7 heteroatoms. The second kappa shape index (κ2) is 5.58. The van der Waals surface area contributed by atoms with Crippen LogP contribution >= 0.6 is 0 Å². The van der Waals surface area contributed by atoms with Crippen molar-refractivity contribution < 1.29 is 17.9 Å². The van der Waals surface area contributed by atoms with Crippen molar-refractivity contribution in [1.29, 1.82) is 0 Å². The summed E-state index contributed by atoms with van der Waals surface area (Å²) in [7, 11) is -3.22. The largest absolute Gasteiger partial charge is 0.482 e. The van der Waals surface area contributed by atoms with Crippen LogP contribution in [0.5, 0.6) is 5.75 Å². The molecular weight excluding hydrogens is 268 g/mol. The number of fused-ring (bicyclic) bond motifs is 1. The van der Waals surface area contributed by atoms with Crippen molar-refractivity contribution in [3.63, 3.8) is 0 Å². The van der Waals surface area contributed by atoms with E-state index in [4.69, 9.17) is 4.74 Å². The minimum Gasteiger partial charge on any atom is -0.482 e. The van der Waals surface area contributed by atoms with Crippen LogP contribution in [0.3, 0.4) is 0 Å². The Labute approximate surface area is 112 Å². The van der Waals surface area contributed by atoms with Gasteiger partial charge in [0.05, 0.1) is 11.4 Å². The second-order valence-electron chi connectivity index (χ2n) is 4.31. The lowest BCUT2D eigenvalue weighted by Gasteiger charge is -2.18. The first-order chi connectivity index (χ1) is 9.00. The number of sulfonamides is 1. The van der Waals surface area contributed by atoms with E-state index in [0.29, 0.717) is 17.9 Å². The number of carbonyl (C=O) groups excluding carboxylic acids is 1. The van der Waals surface area contributed by atoms with Gasteiger partial charge in [0, 0.05) is 6.54 Å². The summed E-state index contributed by atoms with van der Waals surface area (Å²) >= 11 is 0. The topological polar surface area (TPSA) is 84.5 Å². The molecule has 0 atom stereocenters. The van der Waals surface area contributed by atoms with Gasteiger partial charge in [-0.05, 0) is 24.1 Å². The lowest BCUT2D eigenvalue weighted by atomic mass is 10.2. The van der Waals surface area contributed by atoms with Crippen molar-refractivity contribution in [1.82, 2.24) is 4.72 Å². The van der Waals surface area contributed by atoms with Gasteiger partial charge in [-0.15, -0.1) is 0 Å². The van der Waals surface area contributed by atoms with E-state index in [9.17, 15) is 13.2 Å². The van der Waals surface area contributed by atoms with Crippen LogP contribution in [0, 0.1) is 0 Å². The van der Waals surface area contributed by atoms with Crippen molar-refractivity contribution in [3.8, 4) is 5.75 Å². The van der Waals surface area contributed by atoms with Gasteiger partial charge in [0.2, 0.25) is 10.0 Å². The molecule has 2 N–H and O–H groups in total. The first kappa shape index (κ1) is 13.8. The molecule has 104 valence electrons. The van der Waals surface area contributed by atoms with Crippen LogP contribution < -0.4 is 14.8 Å². The third-order valence-electron chi connectivity index (χ3n) is 2.65. The highest BCUT2D eigenvalue weighted by Crippen LogP contribution is 2.28. The van der Waals surface area contributed by atoms with Gasteiger partial charge < -0.3 is 10.1 Å². The highest BCUT2D eigenvalue weighted by molar-refractivity contribution is 7.89. The van der Waals surface area contributed by atoms with Gasteiger partial charge in [-0.1, -0.05) is 13.0 Å². The van der Waals surface area contributed by atoms with Gasteiger partial charge >= 0.3 is 0 Å². The van der Waals surface area contributed by atoms with Gasteiger partial charge in [-0.3, -0.25) is 4.79 Å². The first-order valence-corrected chi connectivity index (χ1v) is 7.68. The Kier molecular flexibility index (Phi) is 4.06. The standard InChI is InChI=1S/C12H16N2O4S/c1-2-5-19(16,17)13-7-9-3-4-10-11(6-9)18-8-12(15)14-10/h3-4,6,13H,2,5,7-8H2,1H3,(H,14,15). The molecule has 1 heterocycles.